The van der Waals surface area contributed by atoms with Crippen molar-refractivity contribution in [2.75, 3.05) is 26.4 Å². The van der Waals surface area contributed by atoms with Gasteiger partial charge in [0.15, 0.2) is 0 Å². The minimum Gasteiger partial charge on any atom is -0.508 e. The van der Waals surface area contributed by atoms with Crippen LogP contribution in [0.1, 0.15) is 43.7 Å². The van der Waals surface area contributed by atoms with E-state index in [2.05, 4.69) is 6.92 Å². The molecule has 1 aliphatic carbocycles. The van der Waals surface area contributed by atoms with Crippen LogP contribution >= 0.6 is 0 Å². The van der Waals surface area contributed by atoms with Crippen molar-refractivity contribution in [3.05, 3.63) is 59.7 Å². The van der Waals surface area contributed by atoms with Crippen molar-refractivity contribution < 1.29 is 24.4 Å². The number of rotatable bonds is 6. The molecule has 3 atom stereocenters. The van der Waals surface area contributed by atoms with Gasteiger partial charge in [0.25, 0.3) is 0 Å². The monoisotopic (exact) mass is 412 g/mol. The molecular formula is C25H32O5. The number of phenolic OH excluding ortho intramolecular Hbond substituents is 2. The first-order valence-corrected chi connectivity index (χ1v) is 10.9. The number of hydrogen-bond acceptors (Lipinski definition) is 5. The van der Waals surface area contributed by atoms with Gasteiger partial charge in [0, 0.05) is 5.41 Å². The summed E-state index contributed by atoms with van der Waals surface area (Å²) in [6.45, 7) is 5.57. The molecule has 2 aliphatic heterocycles. The van der Waals surface area contributed by atoms with Crippen LogP contribution in [0.25, 0.3) is 0 Å². The molecule has 162 valence electrons. The van der Waals surface area contributed by atoms with Crippen LogP contribution in [0.2, 0.25) is 0 Å². The second kappa shape index (κ2) is 9.38. The number of aromatic hydroxyl groups is 2. The molecular weight excluding hydrogens is 380 g/mol. The van der Waals surface area contributed by atoms with Gasteiger partial charge in [0.1, 0.15) is 23.7 Å². The molecule has 2 aromatic carbocycles. The van der Waals surface area contributed by atoms with Crippen LogP contribution < -0.4 is 0 Å². The number of ether oxygens (including phenoxy) is 3. The predicted molar refractivity (Wildman–Crippen MR) is 115 cm³/mol. The summed E-state index contributed by atoms with van der Waals surface area (Å²) >= 11 is 0. The Morgan fingerprint density at radius 2 is 1.33 bits per heavy atom. The van der Waals surface area contributed by atoms with Gasteiger partial charge in [-0.3, -0.25) is 0 Å². The highest BCUT2D eigenvalue weighted by molar-refractivity contribution is 5.43. The normalized spacial score (nSPS) is 26.4. The van der Waals surface area contributed by atoms with E-state index in [0.29, 0.717) is 29.6 Å². The highest BCUT2D eigenvalue weighted by Gasteiger charge is 2.38. The number of hydrogen-bond donors (Lipinski definition) is 2. The SMILES string of the molecule is C(OCC1CO1)C1CO1.CC1CCCC(c2ccc(O)cc2)(c2ccc(O)cc2)C1. The fourth-order valence-electron chi connectivity index (χ4n) is 4.46. The zero-order valence-electron chi connectivity index (χ0n) is 17.6. The van der Waals surface area contributed by atoms with Crippen LogP contribution in [0.4, 0.5) is 0 Å². The topological polar surface area (TPSA) is 74.8 Å². The molecule has 0 aromatic heterocycles. The molecule has 1 saturated carbocycles. The molecule has 0 spiro atoms. The molecule has 30 heavy (non-hydrogen) atoms. The zero-order valence-corrected chi connectivity index (χ0v) is 17.6. The summed E-state index contributed by atoms with van der Waals surface area (Å²) in [5.74, 6) is 1.30. The van der Waals surface area contributed by atoms with Crippen LogP contribution in [0, 0.1) is 5.92 Å². The van der Waals surface area contributed by atoms with Gasteiger partial charge in [0.05, 0.1) is 26.4 Å². The second-order valence-corrected chi connectivity index (χ2v) is 8.83. The molecule has 5 nitrogen and oxygen atoms in total. The van der Waals surface area contributed by atoms with Gasteiger partial charge in [-0.15, -0.1) is 0 Å². The highest BCUT2D eigenvalue weighted by atomic mass is 16.6. The summed E-state index contributed by atoms with van der Waals surface area (Å²) in [5, 5.41) is 19.1. The van der Waals surface area contributed by atoms with Crippen molar-refractivity contribution in [1.29, 1.82) is 0 Å². The van der Waals surface area contributed by atoms with Gasteiger partial charge in [0.2, 0.25) is 0 Å². The van der Waals surface area contributed by atoms with Gasteiger partial charge in [-0.05, 0) is 54.2 Å². The molecule has 3 fully saturated rings. The van der Waals surface area contributed by atoms with E-state index in [1.54, 1.807) is 24.3 Å². The van der Waals surface area contributed by atoms with Crippen LogP contribution in [-0.4, -0.2) is 48.8 Å². The van der Waals surface area contributed by atoms with E-state index >= 15 is 0 Å². The predicted octanol–water partition coefficient (Wildman–Crippen LogP) is 4.39. The Morgan fingerprint density at radius 1 is 0.867 bits per heavy atom. The summed E-state index contributed by atoms with van der Waals surface area (Å²) in [6.07, 6.45) is 5.50. The first-order valence-electron chi connectivity index (χ1n) is 10.9. The lowest BCUT2D eigenvalue weighted by Crippen LogP contribution is -2.33. The van der Waals surface area contributed by atoms with Gasteiger partial charge >= 0.3 is 0 Å². The van der Waals surface area contributed by atoms with E-state index in [-0.39, 0.29) is 5.41 Å². The molecule has 0 amide bonds. The molecule has 2 saturated heterocycles. The third-order valence-electron chi connectivity index (χ3n) is 6.25. The van der Waals surface area contributed by atoms with E-state index in [0.717, 1.165) is 39.3 Å². The molecule has 0 bridgehead atoms. The van der Waals surface area contributed by atoms with E-state index < -0.39 is 0 Å². The lowest BCUT2D eigenvalue weighted by molar-refractivity contribution is 0.102. The van der Waals surface area contributed by atoms with E-state index in [1.807, 2.05) is 24.3 Å². The van der Waals surface area contributed by atoms with Gasteiger partial charge in [-0.2, -0.15) is 0 Å². The summed E-state index contributed by atoms with van der Waals surface area (Å²) in [6, 6.07) is 15.3. The number of epoxide rings is 2. The van der Waals surface area contributed by atoms with Gasteiger partial charge < -0.3 is 24.4 Å². The first-order chi connectivity index (χ1) is 14.5. The third kappa shape index (κ3) is 5.54. The Labute approximate surface area is 178 Å². The average molecular weight is 413 g/mol. The number of phenols is 2. The van der Waals surface area contributed by atoms with Crippen molar-refractivity contribution >= 4 is 0 Å². The Balaban J connectivity index is 0.000000200. The fourth-order valence-corrected chi connectivity index (χ4v) is 4.46. The van der Waals surface area contributed by atoms with E-state index in [1.165, 1.54) is 24.0 Å². The van der Waals surface area contributed by atoms with Crippen molar-refractivity contribution in [2.24, 2.45) is 5.92 Å². The van der Waals surface area contributed by atoms with Crippen LogP contribution in [0.3, 0.4) is 0 Å². The molecule has 2 heterocycles. The smallest absolute Gasteiger partial charge is 0.115 e. The second-order valence-electron chi connectivity index (χ2n) is 8.83. The minimum absolute atomic E-state index is 0.000926. The fraction of sp³-hybridized carbons (Fsp3) is 0.520. The van der Waals surface area contributed by atoms with Crippen molar-refractivity contribution in [3.8, 4) is 11.5 Å². The quantitative estimate of drug-likeness (QED) is 0.688. The van der Waals surface area contributed by atoms with Gasteiger partial charge in [-0.1, -0.05) is 44.0 Å². The Bertz CT molecular complexity index is 736. The zero-order chi connectivity index (χ0) is 21.0. The molecule has 2 N–H and O–H groups in total. The van der Waals surface area contributed by atoms with Crippen LogP contribution in [0.15, 0.2) is 48.5 Å². The Kier molecular flexibility index (Phi) is 6.61. The van der Waals surface area contributed by atoms with Crippen molar-refractivity contribution in [2.45, 2.75) is 50.2 Å². The Morgan fingerprint density at radius 3 is 1.73 bits per heavy atom. The Hall–Kier alpha value is -2.08. The largest absolute Gasteiger partial charge is 0.508 e. The summed E-state index contributed by atoms with van der Waals surface area (Å²) in [7, 11) is 0. The van der Waals surface area contributed by atoms with Crippen LogP contribution in [0.5, 0.6) is 11.5 Å². The molecule has 3 unspecified atom stereocenters. The summed E-state index contributed by atoms with van der Waals surface area (Å²) in [4.78, 5) is 0. The summed E-state index contributed by atoms with van der Waals surface area (Å²) < 4.78 is 15.1. The molecule has 2 aromatic rings. The maximum Gasteiger partial charge on any atom is 0.115 e. The van der Waals surface area contributed by atoms with Crippen LogP contribution in [-0.2, 0) is 19.6 Å². The lowest BCUT2D eigenvalue weighted by Gasteiger charge is -2.41. The standard InChI is InChI=1S/C19H22O2.C6H10O3/c1-14-3-2-12-19(13-14,15-4-8-17(20)9-5-15)16-6-10-18(21)11-7-16;1(5-3-8-5)7-2-6-4-9-6/h4-11,14,20-21H,2-3,12-13H2,1H3;5-6H,1-4H2. The molecule has 0 radical (unpaired) electrons. The molecule has 3 aliphatic rings. The van der Waals surface area contributed by atoms with Gasteiger partial charge in [-0.25, -0.2) is 0 Å². The molecule has 5 heteroatoms. The highest BCUT2D eigenvalue weighted by Crippen LogP contribution is 2.47. The summed E-state index contributed by atoms with van der Waals surface area (Å²) in [5.41, 5.74) is 2.52. The maximum atomic E-state index is 9.56. The van der Waals surface area contributed by atoms with Crippen molar-refractivity contribution in [3.63, 3.8) is 0 Å². The van der Waals surface area contributed by atoms with Crippen molar-refractivity contribution in [1.82, 2.24) is 0 Å². The average Bonchev–Trinajstić information content (AvgIpc) is 3.66. The van der Waals surface area contributed by atoms with E-state index in [9.17, 15) is 10.2 Å². The maximum absolute atomic E-state index is 9.56. The number of benzene rings is 2. The third-order valence-corrected chi connectivity index (χ3v) is 6.25. The molecule has 5 rings (SSSR count). The first kappa shape index (κ1) is 21.2. The van der Waals surface area contributed by atoms with E-state index in [4.69, 9.17) is 14.2 Å². The lowest BCUT2D eigenvalue weighted by atomic mass is 9.62. The minimum atomic E-state index is -0.000926.